The van der Waals surface area contributed by atoms with Gasteiger partial charge in [-0.05, 0) is 18.2 Å². The summed E-state index contributed by atoms with van der Waals surface area (Å²) in [5.74, 6) is 0.164. The Morgan fingerprint density at radius 3 is 2.77 bits per heavy atom. The van der Waals surface area contributed by atoms with Crippen molar-refractivity contribution in [2.45, 2.75) is 6.73 Å². The highest BCUT2D eigenvalue weighted by Gasteiger charge is 2.15. The summed E-state index contributed by atoms with van der Waals surface area (Å²) in [4.78, 5) is 12.3. The molecule has 10 heteroatoms. The number of halogens is 2. The van der Waals surface area contributed by atoms with Crippen molar-refractivity contribution < 1.29 is 9.53 Å². The van der Waals surface area contributed by atoms with E-state index in [1.807, 2.05) is 6.07 Å². The highest BCUT2D eigenvalue weighted by atomic mass is 35.5. The van der Waals surface area contributed by atoms with Gasteiger partial charge in [0.1, 0.15) is 17.5 Å². The van der Waals surface area contributed by atoms with Gasteiger partial charge in [0.05, 0.1) is 16.2 Å². The number of carbonyl (C=O) groups is 1. The van der Waals surface area contributed by atoms with E-state index in [0.29, 0.717) is 21.6 Å². The van der Waals surface area contributed by atoms with Gasteiger partial charge in [0, 0.05) is 13.2 Å². The Morgan fingerprint density at radius 1 is 1.35 bits per heavy atom. The number of anilines is 1. The Kier molecular flexibility index (Phi) is 5.11. The van der Waals surface area contributed by atoms with Crippen LogP contribution in [0.1, 0.15) is 16.1 Å². The molecule has 1 aromatic carbocycles. The van der Waals surface area contributed by atoms with E-state index < -0.39 is 5.91 Å². The SMILES string of the molecule is Cn1ncc(C#N)c1NC(=O)c1ccn(COc2c(Cl)cccc2Cl)n1. The van der Waals surface area contributed by atoms with Crippen molar-refractivity contribution in [1.82, 2.24) is 19.6 Å². The van der Waals surface area contributed by atoms with E-state index in [1.165, 1.54) is 21.6 Å². The highest BCUT2D eigenvalue weighted by molar-refractivity contribution is 6.37. The van der Waals surface area contributed by atoms with Crippen LogP contribution in [0.15, 0.2) is 36.7 Å². The van der Waals surface area contributed by atoms with Gasteiger partial charge in [0.15, 0.2) is 18.2 Å². The zero-order chi connectivity index (χ0) is 18.7. The number of nitriles is 1. The maximum absolute atomic E-state index is 12.3. The molecule has 0 fully saturated rings. The van der Waals surface area contributed by atoms with Crippen LogP contribution in [0, 0.1) is 11.3 Å². The third kappa shape index (κ3) is 3.64. The molecule has 26 heavy (non-hydrogen) atoms. The van der Waals surface area contributed by atoms with Crippen LogP contribution < -0.4 is 10.1 Å². The van der Waals surface area contributed by atoms with Gasteiger partial charge in [-0.15, -0.1) is 0 Å². The van der Waals surface area contributed by atoms with Crippen molar-refractivity contribution in [2.24, 2.45) is 7.05 Å². The first-order valence-electron chi connectivity index (χ1n) is 7.33. The topological polar surface area (TPSA) is 97.8 Å². The van der Waals surface area contributed by atoms with E-state index in [-0.39, 0.29) is 18.0 Å². The molecule has 0 aliphatic heterocycles. The number of benzene rings is 1. The second kappa shape index (κ2) is 7.47. The zero-order valence-corrected chi connectivity index (χ0v) is 15.0. The summed E-state index contributed by atoms with van der Waals surface area (Å²) in [5.41, 5.74) is 0.418. The van der Waals surface area contributed by atoms with Crippen LogP contribution in [0.2, 0.25) is 10.0 Å². The van der Waals surface area contributed by atoms with E-state index in [1.54, 1.807) is 31.4 Å². The van der Waals surface area contributed by atoms with Crippen LogP contribution >= 0.6 is 23.2 Å². The number of carbonyl (C=O) groups excluding carboxylic acids is 1. The van der Waals surface area contributed by atoms with Crippen LogP contribution in [0.25, 0.3) is 0 Å². The lowest BCUT2D eigenvalue weighted by Gasteiger charge is -2.09. The molecule has 2 aromatic heterocycles. The second-order valence-corrected chi connectivity index (χ2v) is 5.98. The first-order valence-corrected chi connectivity index (χ1v) is 8.09. The molecular formula is C16H12Cl2N6O2. The standard InChI is InChI=1S/C16H12Cl2N6O2/c1-23-15(10(7-19)8-20-23)21-16(25)13-5-6-24(22-13)9-26-14-11(17)3-2-4-12(14)18/h2-6,8H,9H2,1H3,(H,21,25). The molecule has 0 unspecified atom stereocenters. The summed E-state index contributed by atoms with van der Waals surface area (Å²) in [6, 6.07) is 8.51. The molecule has 0 radical (unpaired) electrons. The molecule has 3 aromatic rings. The van der Waals surface area contributed by atoms with Crippen LogP contribution in [0.3, 0.4) is 0 Å². The number of aryl methyl sites for hydroxylation is 1. The van der Waals surface area contributed by atoms with Gasteiger partial charge in [-0.2, -0.15) is 15.5 Å². The molecule has 0 saturated heterocycles. The fourth-order valence-corrected chi connectivity index (χ4v) is 2.65. The predicted octanol–water partition coefficient (Wildman–Crippen LogP) is 3.08. The summed E-state index contributed by atoms with van der Waals surface area (Å²) in [7, 11) is 1.62. The minimum atomic E-state index is -0.473. The Hall–Kier alpha value is -3.02. The molecule has 0 aliphatic rings. The fraction of sp³-hybridized carbons (Fsp3) is 0.125. The monoisotopic (exact) mass is 390 g/mol. The fourth-order valence-electron chi connectivity index (χ4n) is 2.14. The molecule has 1 N–H and O–H groups in total. The first-order chi connectivity index (χ1) is 12.5. The maximum atomic E-state index is 12.3. The Balaban J connectivity index is 1.69. The molecule has 0 saturated carbocycles. The average molecular weight is 391 g/mol. The number of nitrogens with zero attached hydrogens (tertiary/aromatic N) is 5. The van der Waals surface area contributed by atoms with Gasteiger partial charge in [-0.25, -0.2) is 4.68 Å². The first kappa shape index (κ1) is 17.8. The molecule has 1 amide bonds. The Morgan fingerprint density at radius 2 is 2.08 bits per heavy atom. The molecule has 8 nitrogen and oxygen atoms in total. The van der Waals surface area contributed by atoms with Crippen molar-refractivity contribution in [2.75, 3.05) is 5.32 Å². The number of rotatable bonds is 5. The Labute approximate surface area is 158 Å². The maximum Gasteiger partial charge on any atom is 0.277 e. The molecule has 0 spiro atoms. The van der Waals surface area contributed by atoms with E-state index in [4.69, 9.17) is 33.2 Å². The van der Waals surface area contributed by atoms with Gasteiger partial charge in [0.2, 0.25) is 0 Å². The van der Waals surface area contributed by atoms with Crippen molar-refractivity contribution in [3.8, 4) is 11.8 Å². The number of para-hydroxylation sites is 1. The second-order valence-electron chi connectivity index (χ2n) is 5.16. The van der Waals surface area contributed by atoms with Gasteiger partial charge in [0.25, 0.3) is 5.91 Å². The van der Waals surface area contributed by atoms with E-state index >= 15 is 0 Å². The van der Waals surface area contributed by atoms with E-state index in [9.17, 15) is 4.79 Å². The smallest absolute Gasteiger partial charge is 0.277 e. The highest BCUT2D eigenvalue weighted by Crippen LogP contribution is 2.32. The number of hydrogen-bond donors (Lipinski definition) is 1. The molecular weight excluding hydrogens is 379 g/mol. The van der Waals surface area contributed by atoms with E-state index in [0.717, 1.165) is 0 Å². The third-order valence-corrected chi connectivity index (χ3v) is 4.02. The summed E-state index contributed by atoms with van der Waals surface area (Å²) >= 11 is 12.1. The lowest BCUT2D eigenvalue weighted by atomic mass is 10.3. The zero-order valence-electron chi connectivity index (χ0n) is 13.5. The van der Waals surface area contributed by atoms with Gasteiger partial charge >= 0.3 is 0 Å². The third-order valence-electron chi connectivity index (χ3n) is 3.42. The van der Waals surface area contributed by atoms with E-state index in [2.05, 4.69) is 15.5 Å². The lowest BCUT2D eigenvalue weighted by molar-refractivity contribution is 0.101. The van der Waals surface area contributed by atoms with Gasteiger partial charge in [-0.3, -0.25) is 9.48 Å². The Bertz CT molecular complexity index is 984. The molecule has 132 valence electrons. The van der Waals surface area contributed by atoms with Gasteiger partial charge < -0.3 is 10.1 Å². The normalized spacial score (nSPS) is 10.4. The summed E-state index contributed by atoms with van der Waals surface area (Å²) in [5, 5.41) is 20.5. The van der Waals surface area contributed by atoms with Crippen LogP contribution in [-0.4, -0.2) is 25.5 Å². The summed E-state index contributed by atoms with van der Waals surface area (Å²) in [6.45, 7) is 0.0197. The molecule has 0 aliphatic carbocycles. The van der Waals surface area contributed by atoms with Crippen molar-refractivity contribution in [1.29, 1.82) is 5.26 Å². The number of aromatic nitrogens is 4. The lowest BCUT2D eigenvalue weighted by Crippen LogP contribution is -2.17. The molecule has 2 heterocycles. The average Bonchev–Trinajstić information content (AvgIpc) is 3.22. The number of ether oxygens (including phenoxy) is 1. The molecule has 0 atom stereocenters. The van der Waals surface area contributed by atoms with Crippen LogP contribution in [0.5, 0.6) is 5.75 Å². The van der Waals surface area contributed by atoms with Crippen molar-refractivity contribution >= 4 is 34.9 Å². The minimum absolute atomic E-state index is 0.0197. The number of nitrogens with one attached hydrogen (secondary N) is 1. The number of amides is 1. The predicted molar refractivity (Wildman–Crippen MR) is 95.2 cm³/mol. The van der Waals surface area contributed by atoms with Crippen LogP contribution in [-0.2, 0) is 13.8 Å². The van der Waals surface area contributed by atoms with Crippen LogP contribution in [0.4, 0.5) is 5.82 Å². The summed E-state index contributed by atoms with van der Waals surface area (Å²) in [6.07, 6.45) is 2.95. The van der Waals surface area contributed by atoms with Crippen molar-refractivity contribution in [3.05, 3.63) is 58.0 Å². The quantitative estimate of drug-likeness (QED) is 0.721. The largest absolute Gasteiger partial charge is 0.468 e. The molecule has 0 bridgehead atoms. The number of hydrogen-bond acceptors (Lipinski definition) is 5. The van der Waals surface area contributed by atoms with Crippen molar-refractivity contribution in [3.63, 3.8) is 0 Å². The van der Waals surface area contributed by atoms with Gasteiger partial charge in [-0.1, -0.05) is 29.3 Å². The summed E-state index contributed by atoms with van der Waals surface area (Å²) < 4.78 is 8.37. The molecule has 3 rings (SSSR count). The minimum Gasteiger partial charge on any atom is -0.468 e.